The largest absolute Gasteiger partial charge is 0.290 e. The van der Waals surface area contributed by atoms with Gasteiger partial charge in [0.2, 0.25) is 0 Å². The van der Waals surface area contributed by atoms with E-state index in [2.05, 4.69) is 19.1 Å². The number of hydrogen-bond acceptors (Lipinski definition) is 1. The van der Waals surface area contributed by atoms with E-state index in [1.807, 2.05) is 25.1 Å². The molecule has 1 atom stereocenters. The average molecular weight is 212 g/mol. The molecule has 16 heavy (non-hydrogen) atoms. The first-order chi connectivity index (χ1) is 7.77. The van der Waals surface area contributed by atoms with E-state index in [0.29, 0.717) is 0 Å². The van der Waals surface area contributed by atoms with Gasteiger partial charge in [0.05, 0.1) is 0 Å². The highest BCUT2D eigenvalue weighted by Crippen LogP contribution is 2.38. The Morgan fingerprint density at radius 2 is 2.12 bits per heavy atom. The van der Waals surface area contributed by atoms with Gasteiger partial charge < -0.3 is 0 Å². The molecule has 0 bridgehead atoms. The molecule has 1 aliphatic rings. The maximum Gasteiger partial charge on any atom is 0.182 e. The molecule has 1 nitrogen and oxygen atoms in total. The predicted molar refractivity (Wildman–Crippen MR) is 67.3 cm³/mol. The van der Waals surface area contributed by atoms with Crippen LogP contribution in [0.1, 0.15) is 37.3 Å². The molecule has 0 aliphatic heterocycles. The lowest BCUT2D eigenvalue weighted by Gasteiger charge is -2.12. The van der Waals surface area contributed by atoms with Gasteiger partial charge in [-0.2, -0.15) is 0 Å². The van der Waals surface area contributed by atoms with Gasteiger partial charge in [-0.3, -0.25) is 4.79 Å². The van der Waals surface area contributed by atoms with Crippen molar-refractivity contribution in [2.45, 2.75) is 26.2 Å². The molecule has 0 radical (unpaired) electrons. The van der Waals surface area contributed by atoms with Crippen molar-refractivity contribution in [3.8, 4) is 0 Å². The third kappa shape index (κ3) is 1.73. The van der Waals surface area contributed by atoms with Crippen LogP contribution in [-0.4, -0.2) is 5.78 Å². The average Bonchev–Trinajstić information content (AvgIpc) is 2.67. The van der Waals surface area contributed by atoms with Gasteiger partial charge >= 0.3 is 0 Å². The second-order valence-electron chi connectivity index (χ2n) is 4.05. The number of allylic oxidation sites excluding steroid dienone is 3. The van der Waals surface area contributed by atoms with Crippen molar-refractivity contribution in [3.63, 3.8) is 0 Å². The van der Waals surface area contributed by atoms with E-state index in [4.69, 9.17) is 0 Å². The third-order valence-electron chi connectivity index (χ3n) is 3.07. The van der Waals surface area contributed by atoms with Crippen LogP contribution < -0.4 is 0 Å². The quantitative estimate of drug-likeness (QED) is 0.698. The van der Waals surface area contributed by atoms with Crippen molar-refractivity contribution >= 4 is 11.9 Å². The van der Waals surface area contributed by atoms with Crippen LogP contribution in [0.3, 0.4) is 0 Å². The molecule has 0 saturated heterocycles. The summed E-state index contributed by atoms with van der Waals surface area (Å²) in [5, 5.41) is 0. The Morgan fingerprint density at radius 1 is 1.38 bits per heavy atom. The van der Waals surface area contributed by atoms with Crippen molar-refractivity contribution in [2.24, 2.45) is 0 Å². The van der Waals surface area contributed by atoms with E-state index in [1.54, 1.807) is 12.2 Å². The van der Waals surface area contributed by atoms with Crippen molar-refractivity contribution < 1.29 is 4.79 Å². The first kappa shape index (κ1) is 10.9. The zero-order valence-electron chi connectivity index (χ0n) is 9.73. The molecule has 1 unspecified atom stereocenters. The molecule has 1 aromatic carbocycles. The second kappa shape index (κ2) is 4.48. The van der Waals surface area contributed by atoms with Crippen LogP contribution in [0.15, 0.2) is 42.0 Å². The Hall–Kier alpha value is -1.63. The minimum Gasteiger partial charge on any atom is -0.290 e. The topological polar surface area (TPSA) is 17.1 Å². The van der Waals surface area contributed by atoms with Crippen LogP contribution in [0, 0.1) is 0 Å². The fourth-order valence-electron chi connectivity index (χ4n) is 2.33. The normalized spacial score (nSPS) is 18.6. The number of ketones is 1. The number of hydrogen-bond donors (Lipinski definition) is 0. The Kier molecular flexibility index (Phi) is 3.04. The van der Waals surface area contributed by atoms with E-state index in [-0.39, 0.29) is 11.7 Å². The van der Waals surface area contributed by atoms with Crippen LogP contribution in [0.25, 0.3) is 6.08 Å². The summed E-state index contributed by atoms with van der Waals surface area (Å²) >= 11 is 0. The van der Waals surface area contributed by atoms with E-state index in [0.717, 1.165) is 12.0 Å². The van der Waals surface area contributed by atoms with Crippen molar-refractivity contribution in [2.75, 3.05) is 0 Å². The smallest absolute Gasteiger partial charge is 0.182 e. The summed E-state index contributed by atoms with van der Waals surface area (Å²) in [5.41, 5.74) is 3.42. The van der Waals surface area contributed by atoms with Crippen LogP contribution in [0.2, 0.25) is 0 Å². The molecule has 0 heterocycles. The summed E-state index contributed by atoms with van der Waals surface area (Å²) < 4.78 is 0. The Labute approximate surface area is 96.5 Å². The number of fused-ring (bicyclic) bond motifs is 1. The first-order valence-corrected chi connectivity index (χ1v) is 5.75. The molecule has 0 spiro atoms. The van der Waals surface area contributed by atoms with Crippen LogP contribution in [0.4, 0.5) is 0 Å². The molecule has 0 amide bonds. The zero-order valence-corrected chi connectivity index (χ0v) is 9.73. The van der Waals surface area contributed by atoms with Crippen molar-refractivity contribution in [3.05, 3.63) is 53.1 Å². The van der Waals surface area contributed by atoms with E-state index in [9.17, 15) is 4.79 Å². The molecular weight excluding hydrogens is 196 g/mol. The number of carbonyl (C=O) groups is 1. The third-order valence-corrected chi connectivity index (χ3v) is 3.07. The molecule has 0 N–H and O–H groups in total. The van der Waals surface area contributed by atoms with Gasteiger partial charge in [0.1, 0.15) is 0 Å². The maximum atomic E-state index is 11.9. The molecule has 82 valence electrons. The Morgan fingerprint density at radius 3 is 2.81 bits per heavy atom. The monoisotopic (exact) mass is 212 g/mol. The maximum absolute atomic E-state index is 11.9. The highest BCUT2D eigenvalue weighted by atomic mass is 16.1. The van der Waals surface area contributed by atoms with E-state index in [1.165, 1.54) is 11.1 Å². The summed E-state index contributed by atoms with van der Waals surface area (Å²) in [6.07, 6.45) is 6.47. The second-order valence-corrected chi connectivity index (χ2v) is 4.05. The van der Waals surface area contributed by atoms with Gasteiger partial charge in [0, 0.05) is 11.5 Å². The summed E-state index contributed by atoms with van der Waals surface area (Å²) in [6, 6.07) is 8.26. The standard InChI is InChI=1S/C15H16O/c1-3-7-15(16)14-10-11-8-5-6-9-13(11)12(14)4-2/h3,5-10,12H,4H2,1-2H3/b7-3+. The molecule has 0 fully saturated rings. The predicted octanol–water partition coefficient (Wildman–Crippen LogP) is 3.72. The number of rotatable bonds is 3. The number of benzene rings is 1. The molecule has 0 aromatic heterocycles. The highest BCUT2D eigenvalue weighted by Gasteiger charge is 2.26. The lowest BCUT2D eigenvalue weighted by Crippen LogP contribution is -2.05. The van der Waals surface area contributed by atoms with Gasteiger partial charge in [-0.1, -0.05) is 37.3 Å². The molecule has 1 aromatic rings. The summed E-state index contributed by atoms with van der Waals surface area (Å²) in [7, 11) is 0. The molecular formula is C15H16O. The fraction of sp³-hybridized carbons (Fsp3) is 0.267. The minimum absolute atomic E-state index is 0.144. The fourth-order valence-corrected chi connectivity index (χ4v) is 2.33. The van der Waals surface area contributed by atoms with Gasteiger partial charge in [-0.25, -0.2) is 0 Å². The zero-order chi connectivity index (χ0) is 11.5. The molecule has 2 rings (SSSR count). The van der Waals surface area contributed by atoms with Crippen LogP contribution in [0.5, 0.6) is 0 Å². The Balaban J connectivity index is 2.41. The van der Waals surface area contributed by atoms with Gasteiger partial charge in [-0.15, -0.1) is 0 Å². The van der Waals surface area contributed by atoms with Crippen molar-refractivity contribution in [1.29, 1.82) is 0 Å². The van der Waals surface area contributed by atoms with Gasteiger partial charge in [0.15, 0.2) is 5.78 Å². The van der Waals surface area contributed by atoms with E-state index >= 15 is 0 Å². The summed E-state index contributed by atoms with van der Waals surface area (Å²) in [5.74, 6) is 0.422. The lowest BCUT2D eigenvalue weighted by molar-refractivity contribution is -0.111. The van der Waals surface area contributed by atoms with Crippen molar-refractivity contribution in [1.82, 2.24) is 0 Å². The van der Waals surface area contributed by atoms with Crippen LogP contribution >= 0.6 is 0 Å². The van der Waals surface area contributed by atoms with Gasteiger partial charge in [-0.05, 0) is 36.6 Å². The minimum atomic E-state index is 0.144. The first-order valence-electron chi connectivity index (χ1n) is 5.75. The SMILES string of the molecule is C/C=C/C(=O)C1=Cc2ccccc2C1CC. The van der Waals surface area contributed by atoms with Gasteiger partial charge in [0.25, 0.3) is 0 Å². The van der Waals surface area contributed by atoms with Crippen LogP contribution in [-0.2, 0) is 4.79 Å². The summed E-state index contributed by atoms with van der Waals surface area (Å²) in [4.78, 5) is 11.9. The summed E-state index contributed by atoms with van der Waals surface area (Å²) in [6.45, 7) is 4.01. The highest BCUT2D eigenvalue weighted by molar-refractivity contribution is 6.09. The molecule has 1 aliphatic carbocycles. The molecule has 0 saturated carbocycles. The van der Waals surface area contributed by atoms with E-state index < -0.39 is 0 Å². The molecule has 1 heteroatoms. The Bertz CT molecular complexity index is 466. The lowest BCUT2D eigenvalue weighted by atomic mass is 9.91. The number of carbonyl (C=O) groups excluding carboxylic acids is 1.